The van der Waals surface area contributed by atoms with E-state index in [0.29, 0.717) is 6.42 Å². The molecule has 2 aromatic carbocycles. The molecular formula is C28H37N3O2S. The van der Waals surface area contributed by atoms with E-state index in [1.807, 2.05) is 53.9 Å². The number of aromatic nitrogens is 1. The standard InChI is InChI=1S/C28H37N3O2S/c1-3-4-5-6-7-8-9-10-11-16-27(32)29-23-19-17-22(18-20-23)25-21-34-28(31-25)30-24-14-12-13-15-26(24)33-2/h12-15,17-21H,3-11,16H2,1-2H3,(H,29,32)(H,30,31). The third-order valence-corrected chi connectivity index (χ3v) is 6.58. The normalized spacial score (nSPS) is 10.8. The molecule has 0 aliphatic rings. The third kappa shape index (κ3) is 8.49. The minimum absolute atomic E-state index is 0.0904. The summed E-state index contributed by atoms with van der Waals surface area (Å²) in [6.07, 6.45) is 11.9. The number of ether oxygens (including phenoxy) is 1. The van der Waals surface area contributed by atoms with Crippen molar-refractivity contribution in [1.29, 1.82) is 0 Å². The molecule has 0 atom stereocenters. The first kappa shape index (κ1) is 25.8. The van der Waals surface area contributed by atoms with Crippen LogP contribution in [0.5, 0.6) is 5.75 Å². The number of unbranched alkanes of at least 4 members (excludes halogenated alkanes) is 8. The van der Waals surface area contributed by atoms with E-state index in [1.54, 1.807) is 18.4 Å². The number of para-hydroxylation sites is 2. The SMILES string of the molecule is CCCCCCCCCCCC(=O)Nc1ccc(-c2csc(Nc3ccccc3OC)n2)cc1. The first-order valence-electron chi connectivity index (χ1n) is 12.5. The van der Waals surface area contributed by atoms with Gasteiger partial charge in [-0.15, -0.1) is 11.3 Å². The number of rotatable bonds is 15. The smallest absolute Gasteiger partial charge is 0.224 e. The lowest BCUT2D eigenvalue weighted by molar-refractivity contribution is -0.116. The second kappa shape index (κ2) is 14.4. The Morgan fingerprint density at radius 3 is 2.29 bits per heavy atom. The molecular weight excluding hydrogens is 442 g/mol. The maximum atomic E-state index is 12.3. The molecule has 6 heteroatoms. The number of nitrogens with one attached hydrogen (secondary N) is 2. The van der Waals surface area contributed by atoms with Crippen LogP contribution >= 0.6 is 11.3 Å². The number of carbonyl (C=O) groups is 1. The van der Waals surface area contributed by atoms with Gasteiger partial charge in [-0.05, 0) is 30.7 Å². The Balaban J connectivity index is 1.40. The highest BCUT2D eigenvalue weighted by Gasteiger charge is 2.08. The van der Waals surface area contributed by atoms with E-state index in [2.05, 4.69) is 17.6 Å². The summed E-state index contributed by atoms with van der Waals surface area (Å²) in [6.45, 7) is 2.25. The zero-order chi connectivity index (χ0) is 24.0. The van der Waals surface area contributed by atoms with Crippen LogP contribution in [-0.2, 0) is 4.79 Å². The Morgan fingerprint density at radius 1 is 0.912 bits per heavy atom. The molecule has 1 heterocycles. The van der Waals surface area contributed by atoms with E-state index in [0.717, 1.165) is 46.4 Å². The van der Waals surface area contributed by atoms with Gasteiger partial charge in [0.05, 0.1) is 18.5 Å². The van der Waals surface area contributed by atoms with E-state index in [9.17, 15) is 4.79 Å². The van der Waals surface area contributed by atoms with Crippen LogP contribution in [0.4, 0.5) is 16.5 Å². The predicted octanol–water partition coefficient (Wildman–Crippen LogP) is 8.42. The summed E-state index contributed by atoms with van der Waals surface area (Å²) < 4.78 is 5.39. The van der Waals surface area contributed by atoms with Gasteiger partial charge in [0.1, 0.15) is 5.75 Å². The maximum Gasteiger partial charge on any atom is 0.224 e. The Bertz CT molecular complexity index is 1000. The Labute approximate surface area is 208 Å². The molecule has 5 nitrogen and oxygen atoms in total. The van der Waals surface area contributed by atoms with Gasteiger partial charge in [0.2, 0.25) is 5.91 Å². The summed E-state index contributed by atoms with van der Waals surface area (Å²) in [6, 6.07) is 15.7. The van der Waals surface area contributed by atoms with Crippen molar-refractivity contribution in [3.8, 4) is 17.0 Å². The van der Waals surface area contributed by atoms with Gasteiger partial charge in [-0.1, -0.05) is 82.6 Å². The minimum atomic E-state index is 0.0904. The number of amides is 1. The molecule has 0 saturated heterocycles. The second-order valence-electron chi connectivity index (χ2n) is 8.57. The first-order chi connectivity index (χ1) is 16.7. The van der Waals surface area contributed by atoms with Crippen LogP contribution < -0.4 is 15.4 Å². The van der Waals surface area contributed by atoms with Crippen molar-refractivity contribution in [2.24, 2.45) is 0 Å². The molecule has 3 rings (SSSR count). The van der Waals surface area contributed by atoms with Gasteiger partial charge in [0, 0.05) is 23.1 Å². The Morgan fingerprint density at radius 2 is 1.59 bits per heavy atom. The van der Waals surface area contributed by atoms with Crippen molar-refractivity contribution in [3.63, 3.8) is 0 Å². The molecule has 1 aromatic heterocycles. The quantitative estimate of drug-likeness (QED) is 0.215. The van der Waals surface area contributed by atoms with Gasteiger partial charge in [-0.3, -0.25) is 4.79 Å². The molecule has 0 fully saturated rings. The largest absolute Gasteiger partial charge is 0.495 e. The summed E-state index contributed by atoms with van der Waals surface area (Å²) >= 11 is 1.54. The van der Waals surface area contributed by atoms with Crippen LogP contribution in [0.1, 0.15) is 71.1 Å². The number of methoxy groups -OCH3 is 1. The zero-order valence-electron chi connectivity index (χ0n) is 20.4. The first-order valence-corrected chi connectivity index (χ1v) is 13.3. The molecule has 0 unspecified atom stereocenters. The number of carbonyl (C=O) groups excluding carboxylic acids is 1. The van der Waals surface area contributed by atoms with Gasteiger partial charge >= 0.3 is 0 Å². The van der Waals surface area contributed by atoms with E-state index in [-0.39, 0.29) is 5.91 Å². The Hall–Kier alpha value is -2.86. The van der Waals surface area contributed by atoms with Gasteiger partial charge < -0.3 is 15.4 Å². The van der Waals surface area contributed by atoms with Crippen molar-refractivity contribution in [1.82, 2.24) is 4.98 Å². The van der Waals surface area contributed by atoms with Gasteiger partial charge in [0.15, 0.2) is 5.13 Å². The molecule has 34 heavy (non-hydrogen) atoms. The van der Waals surface area contributed by atoms with Crippen LogP contribution in [0.25, 0.3) is 11.3 Å². The van der Waals surface area contributed by atoms with Crippen molar-refractivity contribution < 1.29 is 9.53 Å². The van der Waals surface area contributed by atoms with E-state index < -0.39 is 0 Å². The number of nitrogens with zero attached hydrogens (tertiary/aromatic N) is 1. The van der Waals surface area contributed by atoms with E-state index in [4.69, 9.17) is 9.72 Å². The second-order valence-corrected chi connectivity index (χ2v) is 9.43. The fourth-order valence-corrected chi connectivity index (χ4v) is 4.60. The lowest BCUT2D eigenvalue weighted by Crippen LogP contribution is -2.10. The monoisotopic (exact) mass is 479 g/mol. The summed E-state index contributed by atoms with van der Waals surface area (Å²) in [5.41, 5.74) is 3.62. The average molecular weight is 480 g/mol. The van der Waals surface area contributed by atoms with Crippen LogP contribution in [-0.4, -0.2) is 18.0 Å². The molecule has 1 amide bonds. The highest BCUT2D eigenvalue weighted by Crippen LogP contribution is 2.31. The lowest BCUT2D eigenvalue weighted by atomic mass is 10.1. The number of anilines is 3. The van der Waals surface area contributed by atoms with Crippen LogP contribution in [0.2, 0.25) is 0 Å². The molecule has 182 valence electrons. The fourth-order valence-electron chi connectivity index (χ4n) is 3.87. The lowest BCUT2D eigenvalue weighted by Gasteiger charge is -2.08. The molecule has 0 aliphatic heterocycles. The molecule has 0 bridgehead atoms. The number of benzene rings is 2. The summed E-state index contributed by atoms with van der Waals surface area (Å²) in [4.78, 5) is 17.0. The molecule has 2 N–H and O–H groups in total. The zero-order valence-corrected chi connectivity index (χ0v) is 21.3. The molecule has 0 saturated carbocycles. The summed E-state index contributed by atoms with van der Waals surface area (Å²) in [5, 5.41) is 9.16. The minimum Gasteiger partial charge on any atom is -0.495 e. The maximum absolute atomic E-state index is 12.3. The summed E-state index contributed by atoms with van der Waals surface area (Å²) in [7, 11) is 1.66. The number of thiazole rings is 1. The van der Waals surface area contributed by atoms with Crippen LogP contribution in [0, 0.1) is 0 Å². The van der Waals surface area contributed by atoms with Crippen LogP contribution in [0.3, 0.4) is 0 Å². The summed E-state index contributed by atoms with van der Waals surface area (Å²) in [5.74, 6) is 0.870. The number of hydrogen-bond acceptors (Lipinski definition) is 5. The third-order valence-electron chi connectivity index (χ3n) is 5.82. The van der Waals surface area contributed by atoms with Crippen molar-refractivity contribution >= 4 is 33.8 Å². The highest BCUT2D eigenvalue weighted by atomic mass is 32.1. The van der Waals surface area contributed by atoms with Gasteiger partial charge in [-0.25, -0.2) is 4.98 Å². The van der Waals surface area contributed by atoms with E-state index in [1.165, 1.54) is 44.9 Å². The van der Waals surface area contributed by atoms with Crippen molar-refractivity contribution in [2.75, 3.05) is 17.7 Å². The Kier molecular flexibility index (Phi) is 10.9. The van der Waals surface area contributed by atoms with Gasteiger partial charge in [0.25, 0.3) is 0 Å². The highest BCUT2D eigenvalue weighted by molar-refractivity contribution is 7.14. The average Bonchev–Trinajstić information content (AvgIpc) is 3.32. The predicted molar refractivity (Wildman–Crippen MR) is 144 cm³/mol. The van der Waals surface area contributed by atoms with Crippen molar-refractivity contribution in [3.05, 3.63) is 53.9 Å². The molecule has 0 radical (unpaired) electrons. The van der Waals surface area contributed by atoms with E-state index >= 15 is 0 Å². The van der Waals surface area contributed by atoms with Crippen LogP contribution in [0.15, 0.2) is 53.9 Å². The molecule has 3 aromatic rings. The van der Waals surface area contributed by atoms with Gasteiger partial charge in [-0.2, -0.15) is 0 Å². The topological polar surface area (TPSA) is 63.2 Å². The van der Waals surface area contributed by atoms with Crippen molar-refractivity contribution in [2.45, 2.75) is 71.1 Å². The molecule has 0 aliphatic carbocycles. The molecule has 0 spiro atoms. The fraction of sp³-hybridized carbons (Fsp3) is 0.429. The number of hydrogen-bond donors (Lipinski definition) is 2.